The Morgan fingerprint density at radius 2 is 1.67 bits per heavy atom. The Balaban J connectivity index is 1.27. The lowest BCUT2D eigenvalue weighted by Crippen LogP contribution is -2.49. The Morgan fingerprint density at radius 3 is 2.39 bits per heavy atom. The summed E-state index contributed by atoms with van der Waals surface area (Å²) in [6.45, 7) is 7.21. The van der Waals surface area contributed by atoms with Gasteiger partial charge in [-0.1, -0.05) is 24.3 Å². The summed E-state index contributed by atoms with van der Waals surface area (Å²) >= 11 is 0. The van der Waals surface area contributed by atoms with E-state index in [0.717, 1.165) is 41.4 Å². The number of carbonyl (C=O) groups is 1. The molecule has 1 fully saturated rings. The number of piperazine rings is 1. The largest absolute Gasteiger partial charge is 0.416 e. The van der Waals surface area contributed by atoms with Crippen LogP contribution in [0.25, 0.3) is 22.9 Å². The Labute approximate surface area is 192 Å². The highest BCUT2D eigenvalue weighted by atomic mass is 16.4. The average Bonchev–Trinajstić information content (AvgIpc) is 3.46. The Bertz CT molecular complexity index is 1240. The zero-order valence-electron chi connectivity index (χ0n) is 18.8. The van der Waals surface area contributed by atoms with Crippen molar-refractivity contribution in [3.63, 3.8) is 0 Å². The van der Waals surface area contributed by atoms with Gasteiger partial charge in [0, 0.05) is 49.3 Å². The maximum atomic E-state index is 13.1. The van der Waals surface area contributed by atoms with Gasteiger partial charge >= 0.3 is 0 Å². The van der Waals surface area contributed by atoms with E-state index >= 15 is 0 Å². The van der Waals surface area contributed by atoms with E-state index in [9.17, 15) is 4.79 Å². The SMILES string of the molecule is Cc1cc(-c2nnc(-c3ccccc3)o2)c(C)n1CC(=O)N1CCN(c2ccccn2)CC1. The topological polar surface area (TPSA) is 80.3 Å². The first-order chi connectivity index (χ1) is 16.1. The molecule has 0 aliphatic carbocycles. The van der Waals surface area contributed by atoms with E-state index in [4.69, 9.17) is 4.42 Å². The summed E-state index contributed by atoms with van der Waals surface area (Å²) in [7, 11) is 0. The van der Waals surface area contributed by atoms with E-state index in [0.29, 0.717) is 31.4 Å². The monoisotopic (exact) mass is 442 g/mol. The van der Waals surface area contributed by atoms with Crippen molar-refractivity contribution in [3.05, 3.63) is 72.2 Å². The minimum absolute atomic E-state index is 0.111. The van der Waals surface area contributed by atoms with Gasteiger partial charge < -0.3 is 18.8 Å². The second-order valence-corrected chi connectivity index (χ2v) is 8.21. The molecule has 0 spiro atoms. The number of rotatable bonds is 5. The summed E-state index contributed by atoms with van der Waals surface area (Å²) in [5.41, 5.74) is 3.67. The molecule has 8 heteroatoms. The van der Waals surface area contributed by atoms with Crippen LogP contribution >= 0.6 is 0 Å². The van der Waals surface area contributed by atoms with Crippen molar-refractivity contribution in [2.75, 3.05) is 31.1 Å². The van der Waals surface area contributed by atoms with Crippen LogP contribution in [0, 0.1) is 13.8 Å². The molecular weight excluding hydrogens is 416 g/mol. The number of amides is 1. The predicted octanol–water partition coefficient (Wildman–Crippen LogP) is 3.57. The average molecular weight is 443 g/mol. The minimum atomic E-state index is 0.111. The van der Waals surface area contributed by atoms with Crippen molar-refractivity contribution in [1.82, 2.24) is 24.6 Å². The van der Waals surface area contributed by atoms with Gasteiger partial charge in [0.15, 0.2) is 0 Å². The van der Waals surface area contributed by atoms with E-state index in [1.165, 1.54) is 0 Å². The maximum Gasteiger partial charge on any atom is 0.249 e. The molecule has 1 aromatic carbocycles. The molecule has 0 saturated carbocycles. The normalized spacial score (nSPS) is 14.0. The molecule has 0 N–H and O–H groups in total. The summed E-state index contributed by atoms with van der Waals surface area (Å²) in [6.07, 6.45) is 1.80. The fourth-order valence-electron chi connectivity index (χ4n) is 4.25. The fraction of sp³-hybridized carbons (Fsp3) is 0.280. The van der Waals surface area contributed by atoms with Crippen molar-refractivity contribution in [1.29, 1.82) is 0 Å². The van der Waals surface area contributed by atoms with Gasteiger partial charge in [0.25, 0.3) is 0 Å². The van der Waals surface area contributed by atoms with Crippen molar-refractivity contribution in [3.8, 4) is 22.9 Å². The molecule has 1 saturated heterocycles. The van der Waals surface area contributed by atoms with E-state index < -0.39 is 0 Å². The Kier molecular flexibility index (Phi) is 5.64. The first-order valence-corrected chi connectivity index (χ1v) is 11.1. The molecule has 0 unspecified atom stereocenters. The van der Waals surface area contributed by atoms with Crippen LogP contribution in [0.3, 0.4) is 0 Å². The number of carbonyl (C=O) groups excluding carboxylic acids is 1. The van der Waals surface area contributed by atoms with Crippen LogP contribution in [0.1, 0.15) is 11.4 Å². The third-order valence-electron chi connectivity index (χ3n) is 6.15. The quantitative estimate of drug-likeness (QED) is 0.470. The van der Waals surface area contributed by atoms with E-state index in [-0.39, 0.29) is 5.91 Å². The highest BCUT2D eigenvalue weighted by Crippen LogP contribution is 2.28. The first kappa shape index (κ1) is 20.9. The summed E-state index contributed by atoms with van der Waals surface area (Å²) < 4.78 is 7.96. The van der Waals surface area contributed by atoms with Gasteiger partial charge in [0.05, 0.1) is 5.56 Å². The van der Waals surface area contributed by atoms with Gasteiger partial charge in [-0.05, 0) is 44.2 Å². The third-order valence-corrected chi connectivity index (χ3v) is 6.15. The molecule has 4 aromatic rings. The first-order valence-electron chi connectivity index (χ1n) is 11.1. The zero-order valence-corrected chi connectivity index (χ0v) is 18.8. The van der Waals surface area contributed by atoms with Crippen molar-refractivity contribution in [2.45, 2.75) is 20.4 Å². The van der Waals surface area contributed by atoms with Crippen molar-refractivity contribution >= 4 is 11.7 Å². The number of nitrogens with zero attached hydrogens (tertiary/aromatic N) is 6. The molecule has 33 heavy (non-hydrogen) atoms. The molecule has 1 aliphatic heterocycles. The smallest absolute Gasteiger partial charge is 0.249 e. The highest BCUT2D eigenvalue weighted by molar-refractivity contribution is 5.77. The molecule has 1 amide bonds. The number of anilines is 1. The van der Waals surface area contributed by atoms with Gasteiger partial charge in [-0.15, -0.1) is 10.2 Å². The molecule has 1 aliphatic rings. The molecule has 5 rings (SSSR count). The standard InChI is InChI=1S/C25H26N6O2/c1-18-16-21(25-28-27-24(33-25)20-8-4-3-5-9-20)19(2)31(18)17-23(32)30-14-12-29(13-15-30)22-10-6-7-11-26-22/h3-11,16H,12-15,17H2,1-2H3. The number of hydrogen-bond donors (Lipinski definition) is 0. The van der Waals surface area contributed by atoms with Gasteiger partial charge in [0.2, 0.25) is 17.7 Å². The molecule has 3 aromatic heterocycles. The second kappa shape index (κ2) is 8.90. The summed E-state index contributed by atoms with van der Waals surface area (Å²) in [5.74, 6) is 2.02. The second-order valence-electron chi connectivity index (χ2n) is 8.21. The van der Waals surface area contributed by atoms with Gasteiger partial charge in [-0.25, -0.2) is 4.98 Å². The number of aromatic nitrogens is 4. The van der Waals surface area contributed by atoms with Crippen LogP contribution in [0.5, 0.6) is 0 Å². The molecule has 8 nitrogen and oxygen atoms in total. The minimum Gasteiger partial charge on any atom is -0.416 e. The van der Waals surface area contributed by atoms with E-state index in [1.807, 2.05) is 77.9 Å². The zero-order chi connectivity index (χ0) is 22.8. The molecule has 0 radical (unpaired) electrons. The van der Waals surface area contributed by atoms with Crippen molar-refractivity contribution in [2.24, 2.45) is 0 Å². The number of aryl methyl sites for hydroxylation is 1. The van der Waals surface area contributed by atoms with E-state index in [1.54, 1.807) is 6.20 Å². The van der Waals surface area contributed by atoms with Crippen molar-refractivity contribution < 1.29 is 9.21 Å². The summed E-state index contributed by atoms with van der Waals surface area (Å²) in [5, 5.41) is 8.45. The van der Waals surface area contributed by atoms with E-state index in [2.05, 4.69) is 20.1 Å². The molecule has 168 valence electrons. The Hall–Kier alpha value is -3.94. The molecule has 0 bridgehead atoms. The number of hydrogen-bond acceptors (Lipinski definition) is 6. The summed E-state index contributed by atoms with van der Waals surface area (Å²) in [6, 6.07) is 17.6. The lowest BCUT2D eigenvalue weighted by Gasteiger charge is -2.35. The third kappa shape index (κ3) is 4.24. The molecule has 0 atom stereocenters. The van der Waals surface area contributed by atoms with Crippen LogP contribution in [0.15, 0.2) is 65.2 Å². The number of pyridine rings is 1. The lowest BCUT2D eigenvalue weighted by atomic mass is 10.2. The highest BCUT2D eigenvalue weighted by Gasteiger charge is 2.24. The van der Waals surface area contributed by atoms with Crippen LogP contribution < -0.4 is 4.90 Å². The van der Waals surface area contributed by atoms with Gasteiger partial charge in [-0.3, -0.25) is 4.79 Å². The fourth-order valence-corrected chi connectivity index (χ4v) is 4.25. The Morgan fingerprint density at radius 1 is 0.939 bits per heavy atom. The number of benzene rings is 1. The summed E-state index contributed by atoms with van der Waals surface area (Å²) in [4.78, 5) is 21.6. The van der Waals surface area contributed by atoms with Gasteiger partial charge in [0.1, 0.15) is 12.4 Å². The molecular formula is C25H26N6O2. The van der Waals surface area contributed by atoms with Crippen LogP contribution in [-0.2, 0) is 11.3 Å². The van der Waals surface area contributed by atoms with Crippen LogP contribution in [0.4, 0.5) is 5.82 Å². The molecule has 4 heterocycles. The predicted molar refractivity (Wildman–Crippen MR) is 126 cm³/mol. The van der Waals surface area contributed by atoms with Crippen LogP contribution in [0.2, 0.25) is 0 Å². The van der Waals surface area contributed by atoms with Gasteiger partial charge in [-0.2, -0.15) is 0 Å². The van der Waals surface area contributed by atoms with Crippen LogP contribution in [-0.4, -0.2) is 56.7 Å². The maximum absolute atomic E-state index is 13.1. The lowest BCUT2D eigenvalue weighted by molar-refractivity contribution is -0.132.